The summed E-state index contributed by atoms with van der Waals surface area (Å²) in [4.78, 5) is 18.0. The molecule has 1 amide bonds. The van der Waals surface area contributed by atoms with E-state index in [1.165, 1.54) is 22.0 Å². The summed E-state index contributed by atoms with van der Waals surface area (Å²) in [6.07, 6.45) is 3.45. The predicted molar refractivity (Wildman–Crippen MR) is 117 cm³/mol. The van der Waals surface area contributed by atoms with Gasteiger partial charge in [0.15, 0.2) is 0 Å². The van der Waals surface area contributed by atoms with Gasteiger partial charge in [-0.05, 0) is 41.5 Å². The normalized spacial score (nSPS) is 28.2. The first-order valence-corrected chi connectivity index (χ1v) is 11.8. The number of carbonyl (C=O) groups is 1. The molecule has 0 bridgehead atoms. The minimum atomic E-state index is -0.783. The number of halogens is 2. The first-order chi connectivity index (χ1) is 15.9. The van der Waals surface area contributed by atoms with Crippen LogP contribution in [0.15, 0.2) is 42.9 Å². The lowest BCUT2D eigenvalue weighted by Gasteiger charge is -2.17. The Balaban J connectivity index is 1.22. The van der Waals surface area contributed by atoms with Gasteiger partial charge in [0.1, 0.15) is 17.7 Å². The van der Waals surface area contributed by atoms with E-state index in [1.54, 1.807) is 18.3 Å². The molecule has 3 atom stereocenters. The van der Waals surface area contributed by atoms with Crippen LogP contribution in [-0.4, -0.2) is 50.2 Å². The van der Waals surface area contributed by atoms with Gasteiger partial charge in [0, 0.05) is 18.0 Å². The van der Waals surface area contributed by atoms with Crippen molar-refractivity contribution in [1.82, 2.24) is 20.0 Å². The smallest absolute Gasteiger partial charge is 0.414 e. The highest BCUT2D eigenvalue weighted by molar-refractivity contribution is 7.99. The van der Waals surface area contributed by atoms with Crippen LogP contribution in [0.5, 0.6) is 0 Å². The molecule has 1 saturated carbocycles. The Morgan fingerprint density at radius 1 is 1.21 bits per heavy atom. The van der Waals surface area contributed by atoms with Crippen LogP contribution >= 0.6 is 11.8 Å². The van der Waals surface area contributed by atoms with Crippen LogP contribution in [0.4, 0.5) is 19.3 Å². The monoisotopic (exact) mass is 470 g/mol. The van der Waals surface area contributed by atoms with Gasteiger partial charge in [-0.1, -0.05) is 11.3 Å². The average molecular weight is 471 g/mol. The number of nitrogens with two attached hydrogens (primary N) is 1. The molecule has 4 heterocycles. The average Bonchev–Trinajstić information content (AvgIpc) is 3.35. The molecule has 3 fully saturated rings. The van der Waals surface area contributed by atoms with E-state index in [0.29, 0.717) is 23.9 Å². The molecule has 0 spiro atoms. The van der Waals surface area contributed by atoms with Gasteiger partial charge >= 0.3 is 6.09 Å². The lowest BCUT2D eigenvalue weighted by molar-refractivity contribution is 0.129. The van der Waals surface area contributed by atoms with Crippen molar-refractivity contribution in [3.63, 3.8) is 0 Å². The SMILES string of the molecule is NC1(c2ccc(-c3c(F)cc(N4C[C@H](Cn5ccnn5)OC4=O)cc3F)cn2)C2CSCC21. The van der Waals surface area contributed by atoms with E-state index in [1.807, 2.05) is 11.8 Å². The molecule has 3 aliphatic rings. The van der Waals surface area contributed by atoms with E-state index >= 15 is 8.78 Å². The largest absolute Gasteiger partial charge is 0.442 e. The van der Waals surface area contributed by atoms with Crippen molar-refractivity contribution >= 4 is 23.5 Å². The summed E-state index contributed by atoms with van der Waals surface area (Å²) in [6.45, 7) is 0.443. The standard InChI is InChI=1S/C22H20F2N6O2S/c23-17-5-13(30-9-14(32-21(30)31)8-29-4-3-27-28-29)6-18(24)20(17)12-1-2-19(26-7-12)22(25)15-10-33-11-16(15)22/h1-7,14-16H,8-11,25H2/t14-,15?,16?,22?/m0/s1. The Hall–Kier alpha value is -3.05. The molecule has 0 radical (unpaired) electrons. The van der Waals surface area contributed by atoms with Gasteiger partial charge in [-0.3, -0.25) is 9.88 Å². The number of amides is 1. The number of rotatable bonds is 5. The Bertz CT molecular complexity index is 1190. The third-order valence-corrected chi connectivity index (χ3v) is 7.96. The summed E-state index contributed by atoms with van der Waals surface area (Å²) >= 11 is 1.89. The number of hydrogen-bond donors (Lipinski definition) is 1. The molecule has 2 aliphatic heterocycles. The molecule has 11 heteroatoms. The highest BCUT2D eigenvalue weighted by Crippen LogP contribution is 2.62. The summed E-state index contributed by atoms with van der Waals surface area (Å²) < 4.78 is 36.9. The van der Waals surface area contributed by atoms with Crippen LogP contribution in [0.25, 0.3) is 11.1 Å². The Morgan fingerprint density at radius 3 is 2.61 bits per heavy atom. The lowest BCUT2D eigenvalue weighted by Crippen LogP contribution is -2.28. The van der Waals surface area contributed by atoms with Gasteiger partial charge in [-0.15, -0.1) is 5.10 Å². The summed E-state index contributed by atoms with van der Waals surface area (Å²) in [7, 11) is 0. The van der Waals surface area contributed by atoms with E-state index in [0.717, 1.165) is 29.3 Å². The molecule has 2 saturated heterocycles. The van der Waals surface area contributed by atoms with Crippen molar-refractivity contribution in [3.8, 4) is 11.1 Å². The number of nitrogens with zero attached hydrogens (tertiary/aromatic N) is 5. The van der Waals surface area contributed by atoms with Gasteiger partial charge < -0.3 is 10.5 Å². The molecule has 2 N–H and O–H groups in total. The molecule has 8 nitrogen and oxygen atoms in total. The first-order valence-electron chi connectivity index (χ1n) is 10.6. The molecule has 33 heavy (non-hydrogen) atoms. The van der Waals surface area contributed by atoms with Gasteiger partial charge in [0.2, 0.25) is 0 Å². The Morgan fingerprint density at radius 2 is 1.97 bits per heavy atom. The van der Waals surface area contributed by atoms with Crippen LogP contribution in [0.1, 0.15) is 5.69 Å². The number of fused-ring (bicyclic) bond motifs is 1. The second-order valence-corrected chi connectivity index (χ2v) is 9.72. The quantitative estimate of drug-likeness (QED) is 0.612. The molecular weight excluding hydrogens is 450 g/mol. The van der Waals surface area contributed by atoms with Crippen LogP contribution in [0.3, 0.4) is 0 Å². The minimum Gasteiger partial charge on any atom is -0.442 e. The lowest BCUT2D eigenvalue weighted by atomic mass is 10.0. The zero-order valence-electron chi connectivity index (χ0n) is 17.4. The number of ether oxygens (including phenoxy) is 1. The number of hydrogen-bond acceptors (Lipinski definition) is 7. The molecule has 170 valence electrons. The van der Waals surface area contributed by atoms with Crippen LogP contribution < -0.4 is 10.6 Å². The zero-order chi connectivity index (χ0) is 22.7. The van der Waals surface area contributed by atoms with Crippen molar-refractivity contribution in [1.29, 1.82) is 0 Å². The second kappa shape index (κ2) is 7.49. The summed E-state index contributed by atoms with van der Waals surface area (Å²) in [5.41, 5.74) is 7.09. The molecule has 2 unspecified atom stereocenters. The number of cyclic esters (lactones) is 1. The van der Waals surface area contributed by atoms with Gasteiger partial charge in [-0.2, -0.15) is 11.8 Å². The second-order valence-electron chi connectivity index (χ2n) is 8.64. The maximum atomic E-state index is 15.0. The fourth-order valence-corrected chi connectivity index (χ4v) is 6.59. The van der Waals surface area contributed by atoms with Gasteiger partial charge in [0.25, 0.3) is 0 Å². The highest BCUT2D eigenvalue weighted by atomic mass is 32.2. The summed E-state index contributed by atoms with van der Waals surface area (Å²) in [5.74, 6) is 1.31. The van der Waals surface area contributed by atoms with Crippen LogP contribution in [0.2, 0.25) is 0 Å². The van der Waals surface area contributed by atoms with Crippen LogP contribution in [-0.2, 0) is 16.8 Å². The molecule has 1 aliphatic carbocycles. The van der Waals surface area contributed by atoms with Gasteiger partial charge in [-0.25, -0.2) is 18.3 Å². The van der Waals surface area contributed by atoms with E-state index < -0.39 is 29.4 Å². The summed E-state index contributed by atoms with van der Waals surface area (Å²) in [6, 6.07) is 5.69. The third-order valence-electron chi connectivity index (χ3n) is 6.77. The minimum absolute atomic E-state index is 0.0913. The third kappa shape index (κ3) is 3.29. The maximum Gasteiger partial charge on any atom is 0.414 e. The zero-order valence-corrected chi connectivity index (χ0v) is 18.2. The number of anilines is 1. The van der Waals surface area contributed by atoms with Crippen molar-refractivity contribution in [2.75, 3.05) is 23.0 Å². The van der Waals surface area contributed by atoms with Gasteiger partial charge in [0.05, 0.1) is 41.8 Å². The number of benzene rings is 1. The van der Waals surface area contributed by atoms with E-state index in [4.69, 9.17) is 10.5 Å². The van der Waals surface area contributed by atoms with Crippen molar-refractivity contribution in [2.45, 2.75) is 18.2 Å². The first kappa shape index (κ1) is 20.5. The van der Waals surface area contributed by atoms with Crippen LogP contribution in [0, 0.1) is 23.5 Å². The fraction of sp³-hybridized carbons (Fsp3) is 0.364. The molecule has 3 aromatic rings. The maximum absolute atomic E-state index is 15.0. The number of carbonyl (C=O) groups excluding carboxylic acids is 1. The topological polar surface area (TPSA) is 99.2 Å². The van der Waals surface area contributed by atoms with E-state index in [-0.39, 0.29) is 17.8 Å². The molecule has 2 aromatic heterocycles. The molecule has 6 rings (SSSR count). The highest BCUT2D eigenvalue weighted by Gasteiger charge is 2.66. The number of thioether (sulfide) groups is 1. The molecule has 1 aromatic carbocycles. The van der Waals surface area contributed by atoms with Crippen molar-refractivity contribution in [2.24, 2.45) is 17.6 Å². The Labute approximate surface area is 192 Å². The van der Waals surface area contributed by atoms with Crippen molar-refractivity contribution < 1.29 is 18.3 Å². The predicted octanol–water partition coefficient (Wildman–Crippen LogP) is 2.79. The number of pyridine rings is 1. The summed E-state index contributed by atoms with van der Waals surface area (Å²) in [5, 5.41) is 7.55. The number of aromatic nitrogens is 4. The van der Waals surface area contributed by atoms with E-state index in [9.17, 15) is 4.79 Å². The molecular formula is C22H20F2N6O2S. The van der Waals surface area contributed by atoms with E-state index in [2.05, 4.69) is 15.3 Å². The Kier molecular flexibility index (Phi) is 4.66. The van der Waals surface area contributed by atoms with Crippen molar-refractivity contribution in [3.05, 3.63) is 60.2 Å². The fourth-order valence-electron chi connectivity index (χ4n) is 4.93.